The van der Waals surface area contributed by atoms with E-state index in [1.807, 2.05) is 60.8 Å². The molecule has 0 aliphatic heterocycles. The lowest BCUT2D eigenvalue weighted by atomic mass is 10.1. The molecule has 38 heavy (non-hydrogen) atoms. The summed E-state index contributed by atoms with van der Waals surface area (Å²) in [5, 5.41) is 0. The predicted octanol–water partition coefficient (Wildman–Crippen LogP) is 8.53. The van der Waals surface area contributed by atoms with E-state index in [2.05, 4.69) is 59.0 Å². The minimum Gasteiger partial charge on any atom is -0.337 e. The van der Waals surface area contributed by atoms with Gasteiger partial charge in [0, 0.05) is 16.8 Å². The van der Waals surface area contributed by atoms with Crippen LogP contribution >= 0.6 is 11.3 Å². The van der Waals surface area contributed by atoms with Gasteiger partial charge < -0.3 is 9.55 Å². The molecular formula is C32H31N5S. The fourth-order valence-electron chi connectivity index (χ4n) is 4.86. The second kappa shape index (κ2) is 10.8. The number of benzene rings is 2. The number of rotatable bonds is 9. The molecule has 2 aromatic carbocycles. The summed E-state index contributed by atoms with van der Waals surface area (Å²) >= 11 is 1.88. The molecule has 0 spiro atoms. The number of nitrogens with one attached hydrogen (secondary N) is 1. The van der Waals surface area contributed by atoms with Gasteiger partial charge in [0.2, 0.25) is 0 Å². The zero-order valence-electron chi connectivity index (χ0n) is 21.8. The number of para-hydroxylation sites is 4. The number of hydrogen-bond donors (Lipinski definition) is 1. The third-order valence-electron chi connectivity index (χ3n) is 6.90. The maximum absolute atomic E-state index is 5.02. The monoisotopic (exact) mass is 517 g/mol. The SMILES string of the molecule is CCCCCCc1ccc(/C=C/c2cc(-c3nc4ccccc4[nH]3)nc(-c3nc4ccccc4n3C)c2)s1. The van der Waals surface area contributed by atoms with Crippen molar-refractivity contribution in [1.82, 2.24) is 24.5 Å². The lowest BCUT2D eigenvalue weighted by Crippen LogP contribution is -1.97. The first-order valence-corrected chi connectivity index (χ1v) is 14.2. The van der Waals surface area contributed by atoms with Crippen LogP contribution in [-0.4, -0.2) is 24.5 Å². The van der Waals surface area contributed by atoms with Gasteiger partial charge in [0.15, 0.2) is 11.6 Å². The number of fused-ring (bicyclic) bond motifs is 2. The maximum atomic E-state index is 5.02. The van der Waals surface area contributed by atoms with E-state index < -0.39 is 0 Å². The van der Waals surface area contributed by atoms with Gasteiger partial charge in [-0.25, -0.2) is 15.0 Å². The molecule has 0 aliphatic rings. The number of aromatic amines is 1. The fourth-order valence-corrected chi connectivity index (χ4v) is 5.81. The highest BCUT2D eigenvalue weighted by Crippen LogP contribution is 2.28. The number of unbranched alkanes of at least 4 members (excludes halogenated alkanes) is 3. The Labute approximate surface area is 226 Å². The maximum Gasteiger partial charge on any atom is 0.159 e. The minimum absolute atomic E-state index is 0.756. The third kappa shape index (κ3) is 5.04. The van der Waals surface area contributed by atoms with E-state index in [1.54, 1.807) is 0 Å². The molecule has 0 amide bonds. The Balaban J connectivity index is 1.37. The first-order chi connectivity index (χ1) is 18.7. The molecule has 0 saturated heterocycles. The number of thiophene rings is 1. The average Bonchev–Trinajstić information content (AvgIpc) is 3.67. The summed E-state index contributed by atoms with van der Waals surface area (Å²) in [5.41, 5.74) is 6.66. The van der Waals surface area contributed by atoms with Crippen molar-refractivity contribution in [2.45, 2.75) is 39.0 Å². The summed E-state index contributed by atoms with van der Waals surface area (Å²) in [4.78, 5) is 20.9. The summed E-state index contributed by atoms with van der Waals surface area (Å²) in [6, 6.07) is 25.0. The van der Waals surface area contributed by atoms with Crippen molar-refractivity contribution in [2.24, 2.45) is 7.05 Å². The van der Waals surface area contributed by atoms with E-state index in [-0.39, 0.29) is 0 Å². The van der Waals surface area contributed by atoms with Crippen LogP contribution in [0.1, 0.15) is 47.9 Å². The van der Waals surface area contributed by atoms with Gasteiger partial charge in [0.25, 0.3) is 0 Å². The molecule has 0 saturated carbocycles. The molecule has 4 heterocycles. The van der Waals surface area contributed by atoms with Crippen molar-refractivity contribution < 1.29 is 0 Å². The third-order valence-corrected chi connectivity index (χ3v) is 8.01. The molecule has 0 fully saturated rings. The van der Waals surface area contributed by atoms with Gasteiger partial charge >= 0.3 is 0 Å². The minimum atomic E-state index is 0.756. The number of hydrogen-bond acceptors (Lipinski definition) is 4. The lowest BCUT2D eigenvalue weighted by molar-refractivity contribution is 0.670. The number of H-pyrrole nitrogens is 1. The molecule has 0 radical (unpaired) electrons. The van der Waals surface area contributed by atoms with Gasteiger partial charge in [0.1, 0.15) is 11.4 Å². The van der Waals surface area contributed by atoms with Crippen LogP contribution in [0, 0.1) is 0 Å². The van der Waals surface area contributed by atoms with E-state index in [0.717, 1.165) is 50.7 Å². The Morgan fingerprint density at radius 2 is 1.63 bits per heavy atom. The van der Waals surface area contributed by atoms with Crippen molar-refractivity contribution in [3.05, 3.63) is 88.1 Å². The first kappa shape index (κ1) is 24.3. The number of imidazole rings is 2. The second-order valence-corrected chi connectivity index (χ2v) is 10.9. The topological polar surface area (TPSA) is 59.4 Å². The normalized spacial score (nSPS) is 11.8. The van der Waals surface area contributed by atoms with Gasteiger partial charge in [0.05, 0.1) is 22.1 Å². The Hall–Kier alpha value is -4.03. The highest BCUT2D eigenvalue weighted by molar-refractivity contribution is 7.12. The molecule has 6 rings (SSSR count). The van der Waals surface area contributed by atoms with E-state index in [4.69, 9.17) is 15.0 Å². The Kier molecular flexibility index (Phi) is 6.88. The quantitative estimate of drug-likeness (QED) is 0.196. The molecule has 190 valence electrons. The van der Waals surface area contributed by atoms with Gasteiger partial charge in [-0.15, -0.1) is 11.3 Å². The summed E-state index contributed by atoms with van der Waals surface area (Å²) in [7, 11) is 2.05. The van der Waals surface area contributed by atoms with E-state index in [1.165, 1.54) is 41.9 Å². The predicted molar refractivity (Wildman–Crippen MR) is 160 cm³/mol. The fraction of sp³-hybridized carbons (Fsp3) is 0.219. The van der Waals surface area contributed by atoms with Crippen molar-refractivity contribution in [2.75, 3.05) is 0 Å². The highest BCUT2D eigenvalue weighted by atomic mass is 32.1. The van der Waals surface area contributed by atoms with E-state index >= 15 is 0 Å². The zero-order chi connectivity index (χ0) is 25.9. The van der Waals surface area contributed by atoms with Crippen LogP contribution in [0.5, 0.6) is 0 Å². The van der Waals surface area contributed by atoms with Crippen LogP contribution in [0.4, 0.5) is 0 Å². The summed E-state index contributed by atoms with van der Waals surface area (Å²) in [6.45, 7) is 2.26. The zero-order valence-corrected chi connectivity index (χ0v) is 22.6. The molecule has 0 aliphatic carbocycles. The number of aromatic nitrogens is 5. The van der Waals surface area contributed by atoms with Crippen LogP contribution in [0.2, 0.25) is 0 Å². The van der Waals surface area contributed by atoms with Crippen molar-refractivity contribution in [3.8, 4) is 23.0 Å². The van der Waals surface area contributed by atoms with E-state index in [0.29, 0.717) is 0 Å². The molecule has 4 aromatic heterocycles. The van der Waals surface area contributed by atoms with Crippen LogP contribution in [-0.2, 0) is 13.5 Å². The lowest BCUT2D eigenvalue weighted by Gasteiger charge is -2.06. The number of aryl methyl sites for hydroxylation is 2. The summed E-state index contributed by atoms with van der Waals surface area (Å²) in [6.07, 6.45) is 10.7. The summed E-state index contributed by atoms with van der Waals surface area (Å²) in [5.74, 6) is 1.59. The number of nitrogens with zero attached hydrogens (tertiary/aromatic N) is 4. The molecule has 0 unspecified atom stereocenters. The molecule has 5 nitrogen and oxygen atoms in total. The highest BCUT2D eigenvalue weighted by Gasteiger charge is 2.15. The molecule has 1 N–H and O–H groups in total. The first-order valence-electron chi connectivity index (χ1n) is 13.3. The van der Waals surface area contributed by atoms with Crippen LogP contribution in [0.25, 0.3) is 57.3 Å². The summed E-state index contributed by atoms with van der Waals surface area (Å²) < 4.78 is 2.11. The van der Waals surface area contributed by atoms with Gasteiger partial charge in [-0.2, -0.15) is 0 Å². The van der Waals surface area contributed by atoms with Crippen LogP contribution < -0.4 is 0 Å². The molecule has 6 heteroatoms. The molecular weight excluding hydrogens is 486 g/mol. The second-order valence-electron chi connectivity index (χ2n) is 9.70. The average molecular weight is 518 g/mol. The Bertz CT molecular complexity index is 1700. The smallest absolute Gasteiger partial charge is 0.159 e. The van der Waals surface area contributed by atoms with Crippen LogP contribution in [0.3, 0.4) is 0 Å². The van der Waals surface area contributed by atoms with Crippen LogP contribution in [0.15, 0.2) is 72.8 Å². The Morgan fingerprint density at radius 3 is 2.47 bits per heavy atom. The van der Waals surface area contributed by atoms with E-state index in [9.17, 15) is 0 Å². The molecule has 0 atom stereocenters. The molecule has 6 aromatic rings. The standard InChI is InChI=1S/C32H31N5S/c1-3-4-5-6-11-23-18-19-24(38-23)17-16-22-20-28(31-34-25-12-7-8-13-26(25)35-31)33-29(21-22)32-36-27-14-9-10-15-30(27)37(32)2/h7-10,12-21H,3-6,11H2,1-2H3,(H,34,35)/b17-16+. The van der Waals surface area contributed by atoms with Gasteiger partial charge in [-0.3, -0.25) is 0 Å². The Morgan fingerprint density at radius 1 is 0.816 bits per heavy atom. The van der Waals surface area contributed by atoms with Gasteiger partial charge in [-0.1, -0.05) is 56.5 Å². The number of pyridine rings is 1. The van der Waals surface area contributed by atoms with Crippen molar-refractivity contribution in [1.29, 1.82) is 0 Å². The van der Waals surface area contributed by atoms with Crippen molar-refractivity contribution >= 4 is 45.6 Å². The largest absolute Gasteiger partial charge is 0.337 e. The van der Waals surface area contributed by atoms with Crippen molar-refractivity contribution in [3.63, 3.8) is 0 Å². The molecule has 0 bridgehead atoms. The van der Waals surface area contributed by atoms with Gasteiger partial charge in [-0.05, 0) is 73.0 Å².